The van der Waals surface area contributed by atoms with E-state index in [0.717, 1.165) is 5.56 Å². The maximum absolute atomic E-state index is 14.7. The standard InChI is InChI=1S/C26H26BrF2N5O5/c1-13(33(2)3)30-25(36)24-22(35)21(23-18(38-24)12-37-26(39-23)14-7-5-4-6-8-14)34-11-17(31-32-34)15-9-10-16(27)20(29)19(15)28/h4-11,18,21-24,26,35H,12H2,1-3H3/b30-13+/t18-,21-,22-,23+,24-,26+/m1/s1. The molecule has 0 unspecified atom stereocenters. The first-order valence-corrected chi connectivity index (χ1v) is 12.9. The van der Waals surface area contributed by atoms with Crippen LogP contribution in [0, 0.1) is 11.6 Å². The summed E-state index contributed by atoms with van der Waals surface area (Å²) in [4.78, 5) is 18.8. The highest BCUT2D eigenvalue weighted by Crippen LogP contribution is 2.40. The van der Waals surface area contributed by atoms with Crippen molar-refractivity contribution in [1.29, 1.82) is 0 Å². The molecule has 39 heavy (non-hydrogen) atoms. The van der Waals surface area contributed by atoms with Crippen LogP contribution in [0.3, 0.4) is 0 Å². The van der Waals surface area contributed by atoms with Gasteiger partial charge < -0.3 is 24.2 Å². The Morgan fingerprint density at radius 1 is 1.15 bits per heavy atom. The number of hydrogen-bond acceptors (Lipinski definition) is 7. The summed E-state index contributed by atoms with van der Waals surface area (Å²) in [5.41, 5.74) is 0.666. The monoisotopic (exact) mass is 605 g/mol. The molecule has 2 aliphatic rings. The largest absolute Gasteiger partial charge is 0.387 e. The lowest BCUT2D eigenvalue weighted by Crippen LogP contribution is -2.61. The van der Waals surface area contributed by atoms with E-state index in [2.05, 4.69) is 31.2 Å². The van der Waals surface area contributed by atoms with Crippen LogP contribution in [0.5, 0.6) is 0 Å². The number of aliphatic imine (C=N–C) groups is 1. The molecule has 0 saturated carbocycles. The van der Waals surface area contributed by atoms with Crippen LogP contribution in [-0.2, 0) is 19.0 Å². The number of fused-ring (bicyclic) bond motifs is 1. The van der Waals surface area contributed by atoms with Gasteiger partial charge in [0.25, 0.3) is 5.91 Å². The lowest BCUT2D eigenvalue weighted by Gasteiger charge is -2.47. The fraction of sp³-hybridized carbons (Fsp3) is 0.385. The van der Waals surface area contributed by atoms with E-state index < -0.39 is 54.3 Å². The number of hydrogen-bond donors (Lipinski definition) is 1. The average molecular weight is 606 g/mol. The summed E-state index contributed by atoms with van der Waals surface area (Å²) in [6.07, 6.45) is -3.82. The number of ether oxygens (including phenoxy) is 3. The number of aliphatic hydroxyl groups is 1. The SMILES string of the molecule is C/C(=N\C(=O)[C@@H]1O[C@@H]2CO[C@H](c3ccccc3)O[C@@H]2[C@H](n2cc(-c3ccc(Br)c(F)c3F)nn2)[C@H]1O)N(C)C. The molecule has 2 saturated heterocycles. The van der Waals surface area contributed by atoms with Crippen molar-refractivity contribution in [2.45, 2.75) is 43.7 Å². The second-order valence-electron chi connectivity index (χ2n) is 9.45. The predicted octanol–water partition coefficient (Wildman–Crippen LogP) is 3.28. The minimum Gasteiger partial charge on any atom is -0.387 e. The molecule has 2 fully saturated rings. The Morgan fingerprint density at radius 3 is 2.62 bits per heavy atom. The van der Waals surface area contributed by atoms with E-state index in [-0.39, 0.29) is 22.3 Å². The minimum atomic E-state index is -1.46. The van der Waals surface area contributed by atoms with Crippen molar-refractivity contribution in [3.63, 3.8) is 0 Å². The van der Waals surface area contributed by atoms with E-state index in [0.29, 0.717) is 5.84 Å². The number of aromatic nitrogens is 3. The number of carbonyl (C=O) groups is 1. The molecule has 0 bridgehead atoms. The molecule has 206 valence electrons. The van der Waals surface area contributed by atoms with Crippen LogP contribution in [0.4, 0.5) is 8.78 Å². The van der Waals surface area contributed by atoms with E-state index in [9.17, 15) is 18.7 Å². The quantitative estimate of drug-likeness (QED) is 0.274. The number of carbonyl (C=O) groups excluding carboxylic acids is 1. The summed E-state index contributed by atoms with van der Waals surface area (Å²) in [6.45, 7) is 1.71. The van der Waals surface area contributed by atoms with Crippen molar-refractivity contribution in [3.8, 4) is 11.3 Å². The van der Waals surface area contributed by atoms with E-state index in [1.807, 2.05) is 30.3 Å². The number of rotatable bonds is 4. The van der Waals surface area contributed by atoms with E-state index in [4.69, 9.17) is 14.2 Å². The van der Waals surface area contributed by atoms with Crippen molar-refractivity contribution in [3.05, 3.63) is 70.3 Å². The third-order valence-electron chi connectivity index (χ3n) is 6.74. The molecule has 6 atom stereocenters. The lowest BCUT2D eigenvalue weighted by molar-refractivity contribution is -0.312. The molecule has 0 spiro atoms. The van der Waals surface area contributed by atoms with Crippen LogP contribution in [-0.4, -0.2) is 81.9 Å². The second kappa shape index (κ2) is 11.2. The zero-order valence-corrected chi connectivity index (χ0v) is 22.8. The van der Waals surface area contributed by atoms with Gasteiger partial charge in [0, 0.05) is 25.2 Å². The fourth-order valence-electron chi connectivity index (χ4n) is 4.50. The zero-order valence-electron chi connectivity index (χ0n) is 21.2. The molecule has 3 heterocycles. The van der Waals surface area contributed by atoms with Gasteiger partial charge in [0.15, 0.2) is 24.0 Å². The van der Waals surface area contributed by atoms with E-state index in [1.165, 1.54) is 23.0 Å². The summed E-state index contributed by atoms with van der Waals surface area (Å²) in [5, 5.41) is 19.6. The Hall–Kier alpha value is -3.10. The van der Waals surface area contributed by atoms with Crippen molar-refractivity contribution < 1.29 is 32.9 Å². The Morgan fingerprint density at radius 2 is 1.90 bits per heavy atom. The maximum atomic E-state index is 14.7. The van der Waals surface area contributed by atoms with E-state index >= 15 is 0 Å². The average Bonchev–Trinajstić information content (AvgIpc) is 3.40. The molecule has 1 N–H and O–H groups in total. The van der Waals surface area contributed by atoms with Crippen molar-refractivity contribution in [2.24, 2.45) is 4.99 Å². The smallest absolute Gasteiger partial charge is 0.279 e. The van der Waals surface area contributed by atoms with Gasteiger partial charge in [0.05, 0.1) is 17.3 Å². The molecule has 13 heteroatoms. The number of amidine groups is 1. The van der Waals surface area contributed by atoms with Gasteiger partial charge in [0.1, 0.15) is 35.9 Å². The summed E-state index contributed by atoms with van der Waals surface area (Å²) in [6, 6.07) is 10.9. The normalized spacial score (nSPS) is 27.2. The summed E-state index contributed by atoms with van der Waals surface area (Å²) >= 11 is 2.96. The Labute approximate surface area is 231 Å². The molecule has 0 radical (unpaired) electrons. The zero-order chi connectivity index (χ0) is 27.8. The molecule has 2 aliphatic heterocycles. The number of nitrogens with zero attached hydrogens (tertiary/aromatic N) is 5. The summed E-state index contributed by atoms with van der Waals surface area (Å²) < 4.78 is 48.2. The molecule has 3 aromatic rings. The highest BCUT2D eigenvalue weighted by atomic mass is 79.9. The Kier molecular flexibility index (Phi) is 7.87. The first-order chi connectivity index (χ1) is 18.7. The third-order valence-corrected chi connectivity index (χ3v) is 7.35. The van der Waals surface area contributed by atoms with Gasteiger partial charge >= 0.3 is 0 Å². The second-order valence-corrected chi connectivity index (χ2v) is 10.3. The number of amides is 1. The van der Waals surface area contributed by atoms with Crippen molar-refractivity contribution >= 4 is 27.7 Å². The van der Waals surface area contributed by atoms with Crippen LogP contribution in [0.2, 0.25) is 0 Å². The number of benzene rings is 2. The molecule has 2 aromatic carbocycles. The van der Waals surface area contributed by atoms with E-state index in [1.54, 1.807) is 25.9 Å². The minimum absolute atomic E-state index is 0.0312. The van der Waals surface area contributed by atoms with Gasteiger partial charge in [-0.25, -0.2) is 13.5 Å². The molecule has 10 nitrogen and oxygen atoms in total. The molecular formula is C26H26BrF2N5O5. The summed E-state index contributed by atoms with van der Waals surface area (Å²) in [5.74, 6) is -2.43. The number of aliphatic hydroxyl groups excluding tert-OH is 1. The fourth-order valence-corrected chi connectivity index (χ4v) is 4.80. The molecule has 1 amide bonds. The van der Waals surface area contributed by atoms with Gasteiger partial charge in [-0.05, 0) is 35.0 Å². The Bertz CT molecular complexity index is 1390. The Balaban J connectivity index is 1.52. The van der Waals surface area contributed by atoms with Crippen LogP contribution >= 0.6 is 15.9 Å². The van der Waals surface area contributed by atoms with Gasteiger partial charge in [-0.15, -0.1) is 5.10 Å². The molecular weight excluding hydrogens is 580 g/mol. The molecule has 1 aromatic heterocycles. The third kappa shape index (κ3) is 5.37. The van der Waals surface area contributed by atoms with Crippen LogP contribution in [0.1, 0.15) is 24.8 Å². The molecule has 0 aliphatic carbocycles. The van der Waals surface area contributed by atoms with Crippen molar-refractivity contribution in [2.75, 3.05) is 20.7 Å². The first-order valence-electron chi connectivity index (χ1n) is 12.1. The van der Waals surface area contributed by atoms with Crippen LogP contribution < -0.4 is 0 Å². The van der Waals surface area contributed by atoms with Gasteiger partial charge in [-0.1, -0.05) is 35.5 Å². The van der Waals surface area contributed by atoms with Crippen molar-refractivity contribution in [1.82, 2.24) is 19.9 Å². The predicted molar refractivity (Wildman–Crippen MR) is 139 cm³/mol. The summed E-state index contributed by atoms with van der Waals surface area (Å²) in [7, 11) is 3.47. The number of halogens is 3. The molecule has 5 rings (SSSR count). The van der Waals surface area contributed by atoms with Gasteiger partial charge in [-0.2, -0.15) is 4.99 Å². The highest BCUT2D eigenvalue weighted by Gasteiger charge is 2.53. The highest BCUT2D eigenvalue weighted by molar-refractivity contribution is 9.10. The maximum Gasteiger partial charge on any atom is 0.279 e. The topological polar surface area (TPSA) is 111 Å². The van der Waals surface area contributed by atoms with Crippen LogP contribution in [0.15, 0.2) is 58.1 Å². The first kappa shape index (κ1) is 27.5. The lowest BCUT2D eigenvalue weighted by atomic mass is 9.91. The van der Waals surface area contributed by atoms with Crippen LogP contribution in [0.25, 0.3) is 11.3 Å². The van der Waals surface area contributed by atoms with Gasteiger partial charge in [0.2, 0.25) is 0 Å². The van der Waals surface area contributed by atoms with Gasteiger partial charge in [-0.3, -0.25) is 4.79 Å².